The predicted octanol–water partition coefficient (Wildman–Crippen LogP) is 0.743. The van der Waals surface area contributed by atoms with Crippen molar-refractivity contribution < 1.29 is 14.2 Å². The Kier molecular flexibility index (Phi) is 3.09. The van der Waals surface area contributed by atoms with Crippen molar-refractivity contribution in [3.05, 3.63) is 0 Å². The van der Waals surface area contributed by atoms with Gasteiger partial charge in [-0.3, -0.25) is 4.39 Å². The molecule has 1 fully saturated rings. The number of aliphatic hydroxyl groups excluding tert-OH is 1. The second-order valence-electron chi connectivity index (χ2n) is 2.67. The molecule has 1 N–H and O–H groups in total. The van der Waals surface area contributed by atoms with Crippen LogP contribution in [0.4, 0.5) is 4.39 Å². The molecule has 0 aromatic heterocycles. The topological polar surface area (TPSA) is 29.5 Å². The van der Waals surface area contributed by atoms with Crippen LogP contribution >= 0.6 is 0 Å². The standard InChI is InChI=1S/C7H13FO2/c8-3-1-6-2-4-10-5-7(6)9/h6-7,9H,1-5H2. The second-order valence-corrected chi connectivity index (χ2v) is 2.67. The summed E-state index contributed by atoms with van der Waals surface area (Å²) < 4.78 is 16.8. The van der Waals surface area contributed by atoms with Crippen LogP contribution in [-0.2, 0) is 4.74 Å². The maximum Gasteiger partial charge on any atom is 0.0898 e. The molecule has 1 aliphatic heterocycles. The lowest BCUT2D eigenvalue weighted by Gasteiger charge is -2.26. The number of halogens is 1. The molecule has 1 aliphatic rings. The van der Waals surface area contributed by atoms with Gasteiger partial charge in [-0.25, -0.2) is 0 Å². The molecule has 1 rings (SSSR count). The average Bonchev–Trinajstić information content (AvgIpc) is 1.94. The first kappa shape index (κ1) is 7.95. The molecule has 2 unspecified atom stereocenters. The van der Waals surface area contributed by atoms with Crippen molar-refractivity contribution in [2.45, 2.75) is 18.9 Å². The van der Waals surface area contributed by atoms with E-state index in [0.29, 0.717) is 19.6 Å². The Labute approximate surface area is 60.0 Å². The van der Waals surface area contributed by atoms with Crippen molar-refractivity contribution in [1.29, 1.82) is 0 Å². The molecule has 2 atom stereocenters. The smallest absolute Gasteiger partial charge is 0.0898 e. The van der Waals surface area contributed by atoms with Crippen molar-refractivity contribution in [3.8, 4) is 0 Å². The van der Waals surface area contributed by atoms with E-state index in [1.54, 1.807) is 0 Å². The number of ether oxygens (including phenoxy) is 1. The van der Waals surface area contributed by atoms with E-state index in [1.165, 1.54) is 0 Å². The Balaban J connectivity index is 2.25. The first-order valence-corrected chi connectivity index (χ1v) is 3.66. The molecule has 0 bridgehead atoms. The van der Waals surface area contributed by atoms with Gasteiger partial charge in [0, 0.05) is 6.61 Å². The highest BCUT2D eigenvalue weighted by Crippen LogP contribution is 2.18. The molecule has 0 aromatic rings. The number of hydrogen-bond donors (Lipinski definition) is 1. The van der Waals surface area contributed by atoms with Crippen LogP contribution in [0.5, 0.6) is 0 Å². The first-order valence-electron chi connectivity index (χ1n) is 3.66. The van der Waals surface area contributed by atoms with Crippen LogP contribution < -0.4 is 0 Å². The maximum absolute atomic E-state index is 11.8. The van der Waals surface area contributed by atoms with Gasteiger partial charge in [0.1, 0.15) is 0 Å². The minimum absolute atomic E-state index is 0.124. The molecular weight excluding hydrogens is 135 g/mol. The fraction of sp³-hybridized carbons (Fsp3) is 1.00. The molecule has 60 valence electrons. The summed E-state index contributed by atoms with van der Waals surface area (Å²) in [4.78, 5) is 0. The third kappa shape index (κ3) is 1.92. The Hall–Kier alpha value is -0.150. The maximum atomic E-state index is 11.8. The summed E-state index contributed by atoms with van der Waals surface area (Å²) in [6, 6.07) is 0. The van der Waals surface area contributed by atoms with Gasteiger partial charge in [0.25, 0.3) is 0 Å². The van der Waals surface area contributed by atoms with Gasteiger partial charge in [-0.1, -0.05) is 0 Å². The molecule has 0 aromatic carbocycles. The molecule has 0 amide bonds. The van der Waals surface area contributed by atoms with Gasteiger partial charge in [-0.15, -0.1) is 0 Å². The fourth-order valence-electron chi connectivity index (χ4n) is 1.24. The van der Waals surface area contributed by atoms with Crippen molar-refractivity contribution >= 4 is 0 Å². The number of rotatable bonds is 2. The van der Waals surface area contributed by atoms with Gasteiger partial charge in [0.05, 0.1) is 19.4 Å². The van der Waals surface area contributed by atoms with Crippen molar-refractivity contribution in [2.75, 3.05) is 19.9 Å². The highest BCUT2D eigenvalue weighted by atomic mass is 19.1. The molecule has 2 nitrogen and oxygen atoms in total. The molecule has 10 heavy (non-hydrogen) atoms. The average molecular weight is 148 g/mol. The zero-order valence-corrected chi connectivity index (χ0v) is 5.92. The predicted molar refractivity (Wildman–Crippen MR) is 35.5 cm³/mol. The van der Waals surface area contributed by atoms with E-state index in [4.69, 9.17) is 4.74 Å². The fourth-order valence-corrected chi connectivity index (χ4v) is 1.24. The van der Waals surface area contributed by atoms with Gasteiger partial charge in [-0.2, -0.15) is 0 Å². The molecular formula is C7H13FO2. The van der Waals surface area contributed by atoms with Crippen LogP contribution in [0.1, 0.15) is 12.8 Å². The molecule has 0 radical (unpaired) electrons. The van der Waals surface area contributed by atoms with Crippen LogP contribution in [0.2, 0.25) is 0 Å². The van der Waals surface area contributed by atoms with E-state index >= 15 is 0 Å². The zero-order chi connectivity index (χ0) is 7.40. The van der Waals surface area contributed by atoms with E-state index < -0.39 is 6.10 Å². The van der Waals surface area contributed by atoms with Gasteiger partial charge >= 0.3 is 0 Å². The van der Waals surface area contributed by atoms with E-state index in [-0.39, 0.29) is 12.6 Å². The Morgan fingerprint density at radius 3 is 3.00 bits per heavy atom. The highest BCUT2D eigenvalue weighted by molar-refractivity contribution is 4.71. The van der Waals surface area contributed by atoms with Gasteiger partial charge in [0.15, 0.2) is 0 Å². The summed E-state index contributed by atoms with van der Waals surface area (Å²) in [5.74, 6) is 0.124. The quantitative estimate of drug-likeness (QED) is 0.626. The zero-order valence-electron chi connectivity index (χ0n) is 5.92. The lowest BCUT2D eigenvalue weighted by Crippen LogP contribution is -2.32. The van der Waals surface area contributed by atoms with E-state index in [9.17, 15) is 9.50 Å². The van der Waals surface area contributed by atoms with E-state index in [0.717, 1.165) is 6.42 Å². The van der Waals surface area contributed by atoms with Gasteiger partial charge in [0.2, 0.25) is 0 Å². The number of alkyl halides is 1. The molecule has 1 saturated heterocycles. The summed E-state index contributed by atoms with van der Waals surface area (Å²) in [6.07, 6.45) is 0.833. The number of hydrogen-bond acceptors (Lipinski definition) is 2. The molecule has 0 saturated carbocycles. The largest absolute Gasteiger partial charge is 0.390 e. The summed E-state index contributed by atoms with van der Waals surface area (Å²) in [6.45, 7) is 0.716. The van der Waals surface area contributed by atoms with Crippen LogP contribution in [0, 0.1) is 5.92 Å². The lowest BCUT2D eigenvalue weighted by molar-refractivity contribution is -0.0473. The van der Waals surface area contributed by atoms with Crippen LogP contribution in [0.15, 0.2) is 0 Å². The second kappa shape index (κ2) is 3.88. The Morgan fingerprint density at radius 1 is 1.60 bits per heavy atom. The SMILES string of the molecule is OC1COCCC1CCF. The third-order valence-corrected chi connectivity index (χ3v) is 1.95. The van der Waals surface area contributed by atoms with Crippen molar-refractivity contribution in [3.63, 3.8) is 0 Å². The molecule has 1 heterocycles. The molecule has 0 spiro atoms. The third-order valence-electron chi connectivity index (χ3n) is 1.95. The monoisotopic (exact) mass is 148 g/mol. The molecule has 3 heteroatoms. The van der Waals surface area contributed by atoms with E-state index in [2.05, 4.69) is 0 Å². The Morgan fingerprint density at radius 2 is 2.40 bits per heavy atom. The lowest BCUT2D eigenvalue weighted by atomic mass is 9.95. The normalized spacial score (nSPS) is 34.2. The Bertz CT molecular complexity index is 95.6. The summed E-state index contributed by atoms with van der Waals surface area (Å²) in [5.41, 5.74) is 0. The number of aliphatic hydroxyl groups is 1. The highest BCUT2D eigenvalue weighted by Gasteiger charge is 2.22. The first-order chi connectivity index (χ1) is 4.84. The summed E-state index contributed by atoms with van der Waals surface area (Å²) >= 11 is 0. The minimum Gasteiger partial charge on any atom is -0.390 e. The van der Waals surface area contributed by atoms with Crippen LogP contribution in [0.3, 0.4) is 0 Å². The van der Waals surface area contributed by atoms with Gasteiger partial charge < -0.3 is 9.84 Å². The minimum atomic E-state index is -0.440. The van der Waals surface area contributed by atoms with Crippen LogP contribution in [0.25, 0.3) is 0 Å². The summed E-state index contributed by atoms with van der Waals surface area (Å²) in [5, 5.41) is 9.21. The van der Waals surface area contributed by atoms with Crippen LogP contribution in [-0.4, -0.2) is 31.1 Å². The van der Waals surface area contributed by atoms with Crippen molar-refractivity contribution in [1.82, 2.24) is 0 Å². The summed E-state index contributed by atoms with van der Waals surface area (Å²) in [7, 11) is 0. The molecule has 0 aliphatic carbocycles. The van der Waals surface area contributed by atoms with Crippen molar-refractivity contribution in [2.24, 2.45) is 5.92 Å². The van der Waals surface area contributed by atoms with E-state index in [1.807, 2.05) is 0 Å². The van der Waals surface area contributed by atoms with Gasteiger partial charge in [-0.05, 0) is 18.8 Å².